The average molecular weight is 274 g/mol. The molecule has 0 fully saturated rings. The third kappa shape index (κ3) is 3.19. The molecule has 0 unspecified atom stereocenters. The Morgan fingerprint density at radius 2 is 2.05 bits per heavy atom. The van der Waals surface area contributed by atoms with Crippen LogP contribution in [-0.4, -0.2) is 15.0 Å². The van der Waals surface area contributed by atoms with Gasteiger partial charge >= 0.3 is 0 Å². The Kier molecular flexibility index (Phi) is 4.29. The summed E-state index contributed by atoms with van der Waals surface area (Å²) in [6.45, 7) is 0.430. The molecule has 0 aliphatic carbocycles. The molecular formula is C13H12ClN5. The van der Waals surface area contributed by atoms with E-state index in [9.17, 15) is 0 Å². The minimum absolute atomic E-state index is 0.146. The number of hydrogen-bond acceptors (Lipinski definition) is 4. The van der Waals surface area contributed by atoms with Crippen molar-refractivity contribution in [3.8, 4) is 6.07 Å². The first-order chi connectivity index (χ1) is 9.24. The highest BCUT2D eigenvalue weighted by Gasteiger charge is 2.07. The predicted molar refractivity (Wildman–Crippen MR) is 73.9 cm³/mol. The van der Waals surface area contributed by atoms with Gasteiger partial charge in [0, 0.05) is 11.6 Å². The molecule has 0 radical (unpaired) electrons. The second-order valence-corrected chi connectivity index (χ2v) is 4.26. The molecular weight excluding hydrogens is 262 g/mol. The summed E-state index contributed by atoms with van der Waals surface area (Å²) >= 11 is 5.82. The van der Waals surface area contributed by atoms with Crippen LogP contribution in [0.1, 0.15) is 17.0 Å². The van der Waals surface area contributed by atoms with Crippen LogP contribution in [0.25, 0.3) is 12.2 Å². The van der Waals surface area contributed by atoms with Crippen molar-refractivity contribution < 1.29 is 0 Å². The normalized spacial score (nSPS) is 10.8. The van der Waals surface area contributed by atoms with Gasteiger partial charge in [0.2, 0.25) is 0 Å². The van der Waals surface area contributed by atoms with Gasteiger partial charge in [-0.3, -0.25) is 0 Å². The lowest BCUT2D eigenvalue weighted by Crippen LogP contribution is -2.03. The van der Waals surface area contributed by atoms with Gasteiger partial charge in [-0.05, 0) is 23.8 Å². The van der Waals surface area contributed by atoms with Crippen LogP contribution < -0.4 is 5.73 Å². The lowest BCUT2D eigenvalue weighted by Gasteiger charge is -1.99. The smallest absolute Gasteiger partial charge is 0.130 e. The number of nitriles is 1. The molecule has 19 heavy (non-hydrogen) atoms. The summed E-state index contributed by atoms with van der Waals surface area (Å²) in [5, 5.41) is 17.3. The molecule has 0 bridgehead atoms. The van der Waals surface area contributed by atoms with Gasteiger partial charge in [0.25, 0.3) is 0 Å². The highest BCUT2D eigenvalue weighted by molar-refractivity contribution is 6.30. The number of aromatic nitrogens is 3. The summed E-state index contributed by atoms with van der Waals surface area (Å²) in [4.78, 5) is 0. The quantitative estimate of drug-likeness (QED) is 0.925. The largest absolute Gasteiger partial charge is 0.325 e. The average Bonchev–Trinajstić information content (AvgIpc) is 2.81. The van der Waals surface area contributed by atoms with Crippen molar-refractivity contribution >= 4 is 23.8 Å². The maximum Gasteiger partial charge on any atom is 0.130 e. The summed E-state index contributed by atoms with van der Waals surface area (Å²) in [5.74, 6) is 0. The van der Waals surface area contributed by atoms with E-state index in [2.05, 4.69) is 10.3 Å². The lowest BCUT2D eigenvalue weighted by atomic mass is 10.2. The van der Waals surface area contributed by atoms with E-state index in [1.165, 1.54) is 4.68 Å². The zero-order valence-electron chi connectivity index (χ0n) is 10.1. The molecule has 0 saturated carbocycles. The lowest BCUT2D eigenvalue weighted by molar-refractivity contribution is 0.663. The number of nitrogens with zero attached hydrogens (tertiary/aromatic N) is 4. The number of halogens is 1. The Labute approximate surface area is 115 Å². The Morgan fingerprint density at radius 3 is 2.68 bits per heavy atom. The molecule has 0 aliphatic rings. The van der Waals surface area contributed by atoms with Crippen LogP contribution >= 0.6 is 11.6 Å². The molecule has 1 aromatic heterocycles. The van der Waals surface area contributed by atoms with Crippen LogP contribution in [0.4, 0.5) is 0 Å². The minimum atomic E-state index is 0.146. The van der Waals surface area contributed by atoms with Crippen molar-refractivity contribution in [1.29, 1.82) is 5.26 Å². The molecule has 1 heterocycles. The summed E-state index contributed by atoms with van der Waals surface area (Å²) in [7, 11) is 0. The summed E-state index contributed by atoms with van der Waals surface area (Å²) < 4.78 is 1.52. The van der Waals surface area contributed by atoms with Crippen LogP contribution in [-0.2, 0) is 13.1 Å². The number of rotatable bonds is 4. The van der Waals surface area contributed by atoms with Gasteiger partial charge in [0.1, 0.15) is 12.2 Å². The highest BCUT2D eigenvalue weighted by Crippen LogP contribution is 2.14. The first-order valence-electron chi connectivity index (χ1n) is 5.67. The number of nitrogens with two attached hydrogens (primary N) is 1. The van der Waals surface area contributed by atoms with Crippen molar-refractivity contribution in [2.45, 2.75) is 13.1 Å². The summed E-state index contributed by atoms with van der Waals surface area (Å²) in [6, 6.07) is 9.47. The van der Waals surface area contributed by atoms with Gasteiger partial charge in [0.15, 0.2) is 0 Å². The molecule has 6 heteroatoms. The zero-order chi connectivity index (χ0) is 13.7. The first-order valence-corrected chi connectivity index (χ1v) is 6.05. The van der Waals surface area contributed by atoms with Crippen molar-refractivity contribution in [3.05, 3.63) is 46.2 Å². The second kappa shape index (κ2) is 6.14. The van der Waals surface area contributed by atoms with Crippen molar-refractivity contribution in [1.82, 2.24) is 15.0 Å². The van der Waals surface area contributed by atoms with Crippen LogP contribution in [0.15, 0.2) is 24.3 Å². The van der Waals surface area contributed by atoms with Crippen LogP contribution in [0.3, 0.4) is 0 Å². The van der Waals surface area contributed by atoms with E-state index in [1.54, 1.807) is 0 Å². The standard InChI is InChI=1S/C13H12ClN5/c14-11-4-1-10(2-5-11)3-6-13-12(9-16)17-18-19(13)8-7-15/h1-6H,8-9,16H2/b6-3+. The first kappa shape index (κ1) is 13.3. The number of hydrogen-bond donors (Lipinski definition) is 1. The highest BCUT2D eigenvalue weighted by atomic mass is 35.5. The molecule has 0 saturated heterocycles. The predicted octanol–water partition coefficient (Wildman–Crippen LogP) is 2.08. The van der Waals surface area contributed by atoms with E-state index in [1.807, 2.05) is 42.5 Å². The third-order valence-electron chi connectivity index (χ3n) is 2.56. The summed E-state index contributed by atoms with van der Waals surface area (Å²) in [5.41, 5.74) is 8.01. The maximum atomic E-state index is 8.73. The fourth-order valence-electron chi connectivity index (χ4n) is 1.62. The maximum absolute atomic E-state index is 8.73. The van der Waals surface area contributed by atoms with Gasteiger partial charge < -0.3 is 5.73 Å². The van der Waals surface area contributed by atoms with E-state index >= 15 is 0 Å². The van der Waals surface area contributed by atoms with E-state index in [4.69, 9.17) is 22.6 Å². The number of benzene rings is 1. The third-order valence-corrected chi connectivity index (χ3v) is 2.82. The summed E-state index contributed by atoms with van der Waals surface area (Å²) in [6.07, 6.45) is 3.75. The molecule has 0 spiro atoms. The van der Waals surface area contributed by atoms with Gasteiger partial charge in [0.05, 0.1) is 11.8 Å². The molecule has 0 amide bonds. The topological polar surface area (TPSA) is 80.5 Å². The van der Waals surface area contributed by atoms with E-state index < -0.39 is 0 Å². The SMILES string of the molecule is N#CCn1nnc(CN)c1/C=C/c1ccc(Cl)cc1. The molecule has 2 aromatic rings. The molecule has 5 nitrogen and oxygen atoms in total. The van der Waals surface area contributed by atoms with Crippen molar-refractivity contribution in [2.75, 3.05) is 0 Å². The van der Waals surface area contributed by atoms with Crippen LogP contribution in [0.2, 0.25) is 5.02 Å². The van der Waals surface area contributed by atoms with Crippen LogP contribution in [0, 0.1) is 11.3 Å². The molecule has 0 atom stereocenters. The monoisotopic (exact) mass is 273 g/mol. The van der Waals surface area contributed by atoms with Gasteiger partial charge in [-0.1, -0.05) is 35.0 Å². The van der Waals surface area contributed by atoms with Crippen molar-refractivity contribution in [2.24, 2.45) is 5.73 Å². The van der Waals surface area contributed by atoms with Crippen LogP contribution in [0.5, 0.6) is 0 Å². The Balaban J connectivity index is 2.29. The van der Waals surface area contributed by atoms with E-state index in [-0.39, 0.29) is 13.1 Å². The Bertz CT molecular complexity index is 621. The fraction of sp³-hybridized carbons (Fsp3) is 0.154. The second-order valence-electron chi connectivity index (χ2n) is 3.83. The Hall–Kier alpha value is -2.16. The molecule has 0 aliphatic heterocycles. The van der Waals surface area contributed by atoms with E-state index in [0.29, 0.717) is 10.7 Å². The minimum Gasteiger partial charge on any atom is -0.325 e. The molecule has 96 valence electrons. The molecule has 2 N–H and O–H groups in total. The van der Waals surface area contributed by atoms with Gasteiger partial charge in [-0.25, -0.2) is 4.68 Å². The van der Waals surface area contributed by atoms with Crippen molar-refractivity contribution in [3.63, 3.8) is 0 Å². The van der Waals surface area contributed by atoms with E-state index in [0.717, 1.165) is 11.3 Å². The fourth-order valence-corrected chi connectivity index (χ4v) is 1.74. The zero-order valence-corrected chi connectivity index (χ0v) is 10.9. The Morgan fingerprint density at radius 1 is 1.32 bits per heavy atom. The molecule has 1 aromatic carbocycles. The molecule has 2 rings (SSSR count). The van der Waals surface area contributed by atoms with Gasteiger partial charge in [-0.15, -0.1) is 5.10 Å². The van der Waals surface area contributed by atoms with Gasteiger partial charge in [-0.2, -0.15) is 5.26 Å².